The molecule has 1 aromatic rings. The van der Waals surface area contributed by atoms with E-state index in [2.05, 4.69) is 15.5 Å². The van der Waals surface area contributed by atoms with Gasteiger partial charge in [0.05, 0.1) is 18.8 Å². The molecule has 2 aliphatic rings. The van der Waals surface area contributed by atoms with Crippen LogP contribution >= 0.6 is 0 Å². The van der Waals surface area contributed by atoms with Crippen molar-refractivity contribution in [1.29, 1.82) is 0 Å². The van der Waals surface area contributed by atoms with Crippen molar-refractivity contribution in [2.24, 2.45) is 5.92 Å². The number of β-amino-alcohol motifs (C(OH)–C–C–N with tert-alkyl or cyclic N) is 1. The first-order chi connectivity index (χ1) is 11.1. The molecule has 2 unspecified atom stereocenters. The van der Waals surface area contributed by atoms with Crippen LogP contribution < -0.4 is 10.1 Å². The number of carbonyl (C=O) groups is 1. The van der Waals surface area contributed by atoms with Crippen LogP contribution in [0.25, 0.3) is 0 Å². The fourth-order valence-electron chi connectivity index (χ4n) is 2.68. The predicted molar refractivity (Wildman–Crippen MR) is 85.2 cm³/mol. The monoisotopic (exact) mass is 320 g/mol. The lowest BCUT2D eigenvalue weighted by Crippen LogP contribution is -2.48. The summed E-state index contributed by atoms with van der Waals surface area (Å²) in [6, 6.07) is 3.11. The van der Waals surface area contributed by atoms with E-state index in [0.717, 1.165) is 19.4 Å². The van der Waals surface area contributed by atoms with Crippen LogP contribution in [0.15, 0.2) is 12.1 Å². The molecule has 1 amide bonds. The topological polar surface area (TPSA) is 87.6 Å². The van der Waals surface area contributed by atoms with E-state index in [0.29, 0.717) is 30.8 Å². The Balaban J connectivity index is 1.49. The summed E-state index contributed by atoms with van der Waals surface area (Å²) >= 11 is 0. The van der Waals surface area contributed by atoms with Gasteiger partial charge in [-0.1, -0.05) is 0 Å². The lowest BCUT2D eigenvalue weighted by atomic mass is 10.1. The molecule has 0 spiro atoms. The third-order valence-corrected chi connectivity index (χ3v) is 4.41. The molecular formula is C16H24N4O3. The summed E-state index contributed by atoms with van der Waals surface area (Å²) in [7, 11) is 0. The van der Waals surface area contributed by atoms with Crippen LogP contribution in [-0.4, -0.2) is 58.0 Å². The first kappa shape index (κ1) is 16.1. The number of likely N-dealkylation sites (tertiary alicyclic amines) is 1. The highest BCUT2D eigenvalue weighted by Crippen LogP contribution is 2.29. The summed E-state index contributed by atoms with van der Waals surface area (Å²) in [4.78, 5) is 14.3. The number of aromatic nitrogens is 2. The molecule has 0 bridgehead atoms. The average Bonchev–Trinajstić information content (AvgIpc) is 3.38. The maximum Gasteiger partial charge on any atom is 0.242 e. The van der Waals surface area contributed by atoms with Gasteiger partial charge in [-0.2, -0.15) is 0 Å². The smallest absolute Gasteiger partial charge is 0.242 e. The van der Waals surface area contributed by atoms with Crippen LogP contribution in [0.4, 0.5) is 5.82 Å². The van der Waals surface area contributed by atoms with Gasteiger partial charge in [0.2, 0.25) is 11.8 Å². The molecule has 0 aromatic carbocycles. The van der Waals surface area contributed by atoms with Crippen LogP contribution in [0.1, 0.15) is 32.6 Å². The highest BCUT2D eigenvalue weighted by Gasteiger charge is 2.26. The van der Waals surface area contributed by atoms with Gasteiger partial charge in [-0.25, -0.2) is 0 Å². The van der Waals surface area contributed by atoms with Gasteiger partial charge in [-0.15, -0.1) is 10.2 Å². The number of aliphatic hydroxyl groups excluding tert-OH is 1. The molecule has 2 fully saturated rings. The molecule has 1 aliphatic heterocycles. The van der Waals surface area contributed by atoms with E-state index in [1.807, 2.05) is 11.8 Å². The van der Waals surface area contributed by atoms with Crippen molar-refractivity contribution in [2.45, 2.75) is 44.8 Å². The van der Waals surface area contributed by atoms with Crippen LogP contribution in [0, 0.1) is 5.92 Å². The molecule has 2 heterocycles. The Morgan fingerprint density at radius 2 is 2.26 bits per heavy atom. The minimum absolute atomic E-state index is 0.139. The van der Waals surface area contributed by atoms with Crippen molar-refractivity contribution in [3.05, 3.63) is 12.1 Å². The highest BCUT2D eigenvalue weighted by atomic mass is 16.5. The molecule has 126 valence electrons. The van der Waals surface area contributed by atoms with Crippen molar-refractivity contribution in [2.75, 3.05) is 25.0 Å². The fourth-order valence-corrected chi connectivity index (χ4v) is 2.68. The van der Waals surface area contributed by atoms with Crippen molar-refractivity contribution < 1.29 is 14.6 Å². The van der Waals surface area contributed by atoms with Crippen molar-refractivity contribution in [1.82, 2.24) is 15.1 Å². The number of ether oxygens (including phenoxy) is 1. The van der Waals surface area contributed by atoms with Gasteiger partial charge in [0, 0.05) is 12.6 Å². The molecule has 1 saturated heterocycles. The Morgan fingerprint density at radius 1 is 1.43 bits per heavy atom. The normalized spacial score (nSPS) is 23.3. The zero-order valence-corrected chi connectivity index (χ0v) is 13.4. The van der Waals surface area contributed by atoms with Gasteiger partial charge in [0.15, 0.2) is 5.82 Å². The summed E-state index contributed by atoms with van der Waals surface area (Å²) in [6.07, 6.45) is 3.82. The summed E-state index contributed by atoms with van der Waals surface area (Å²) in [5.74, 6) is 1.43. The number of nitrogens with zero attached hydrogens (tertiary/aromatic N) is 3. The third-order valence-electron chi connectivity index (χ3n) is 4.41. The van der Waals surface area contributed by atoms with Gasteiger partial charge in [-0.3, -0.25) is 9.69 Å². The number of hydrogen-bond donors (Lipinski definition) is 2. The molecule has 1 aliphatic carbocycles. The summed E-state index contributed by atoms with van der Waals surface area (Å²) in [5.41, 5.74) is 0. The standard InChI is InChI=1S/C16H24N4O3/c1-11(20-8-2-3-13(21)9-20)16(22)17-14-6-7-15(19-18-14)23-10-12-4-5-12/h6-7,11-13,21H,2-5,8-10H2,1H3,(H,17,18,22). The van der Waals surface area contributed by atoms with E-state index in [1.54, 1.807) is 12.1 Å². The lowest BCUT2D eigenvalue weighted by molar-refractivity contribution is -0.121. The number of piperidine rings is 1. The van der Waals surface area contributed by atoms with Crippen LogP contribution in [0.3, 0.4) is 0 Å². The Hall–Kier alpha value is -1.73. The highest BCUT2D eigenvalue weighted by molar-refractivity contribution is 5.93. The van der Waals surface area contributed by atoms with E-state index in [-0.39, 0.29) is 18.1 Å². The molecule has 23 heavy (non-hydrogen) atoms. The minimum atomic E-state index is -0.346. The molecule has 1 aromatic heterocycles. The minimum Gasteiger partial charge on any atom is -0.476 e. The van der Waals surface area contributed by atoms with E-state index >= 15 is 0 Å². The molecule has 1 saturated carbocycles. The zero-order chi connectivity index (χ0) is 16.2. The summed E-state index contributed by atoms with van der Waals surface area (Å²) in [6.45, 7) is 3.89. The van der Waals surface area contributed by atoms with Crippen molar-refractivity contribution in [3.8, 4) is 5.88 Å². The second-order valence-electron chi connectivity index (χ2n) is 6.47. The quantitative estimate of drug-likeness (QED) is 0.814. The van der Waals surface area contributed by atoms with Gasteiger partial charge in [-0.05, 0) is 51.1 Å². The molecule has 2 atom stereocenters. The molecule has 7 nitrogen and oxygen atoms in total. The third kappa shape index (κ3) is 4.62. The number of hydrogen-bond acceptors (Lipinski definition) is 6. The first-order valence-electron chi connectivity index (χ1n) is 8.31. The summed E-state index contributed by atoms with van der Waals surface area (Å²) in [5, 5.41) is 20.4. The van der Waals surface area contributed by atoms with Crippen LogP contribution in [0.5, 0.6) is 5.88 Å². The molecule has 7 heteroatoms. The Bertz CT molecular complexity index is 533. The molecule has 3 rings (SSSR count). The largest absolute Gasteiger partial charge is 0.476 e. The average molecular weight is 320 g/mol. The van der Waals surface area contributed by atoms with Crippen molar-refractivity contribution in [3.63, 3.8) is 0 Å². The fraction of sp³-hybridized carbons (Fsp3) is 0.688. The number of amides is 1. The second-order valence-corrected chi connectivity index (χ2v) is 6.47. The maximum absolute atomic E-state index is 12.3. The van der Waals surface area contributed by atoms with E-state index < -0.39 is 0 Å². The summed E-state index contributed by atoms with van der Waals surface area (Å²) < 4.78 is 5.52. The number of carbonyl (C=O) groups excluding carboxylic acids is 1. The molecule has 2 N–H and O–H groups in total. The van der Waals surface area contributed by atoms with Gasteiger partial charge < -0.3 is 15.2 Å². The molecule has 0 radical (unpaired) electrons. The number of anilines is 1. The maximum atomic E-state index is 12.3. The lowest BCUT2D eigenvalue weighted by Gasteiger charge is -2.33. The number of aliphatic hydroxyl groups is 1. The van der Waals surface area contributed by atoms with Gasteiger partial charge in [0.1, 0.15) is 0 Å². The van der Waals surface area contributed by atoms with Crippen LogP contribution in [0.2, 0.25) is 0 Å². The van der Waals surface area contributed by atoms with E-state index in [4.69, 9.17) is 4.74 Å². The van der Waals surface area contributed by atoms with Gasteiger partial charge >= 0.3 is 0 Å². The first-order valence-corrected chi connectivity index (χ1v) is 8.31. The number of nitrogens with one attached hydrogen (secondary N) is 1. The number of rotatable bonds is 6. The Labute approximate surface area is 136 Å². The zero-order valence-electron chi connectivity index (χ0n) is 13.4. The second kappa shape index (κ2) is 7.23. The van der Waals surface area contributed by atoms with E-state index in [1.165, 1.54) is 12.8 Å². The van der Waals surface area contributed by atoms with Crippen LogP contribution in [-0.2, 0) is 4.79 Å². The SMILES string of the molecule is CC(C(=O)Nc1ccc(OCC2CC2)nn1)N1CCCC(O)C1. The van der Waals surface area contributed by atoms with E-state index in [9.17, 15) is 9.90 Å². The predicted octanol–water partition coefficient (Wildman–Crippen LogP) is 1.05. The Morgan fingerprint density at radius 3 is 2.91 bits per heavy atom. The van der Waals surface area contributed by atoms with Gasteiger partial charge in [0.25, 0.3) is 0 Å². The Kier molecular flexibility index (Phi) is 5.07. The molecular weight excluding hydrogens is 296 g/mol. The van der Waals surface area contributed by atoms with Crippen molar-refractivity contribution >= 4 is 11.7 Å².